The Kier molecular flexibility index (Phi) is 7.86. The molecule has 7 heteroatoms. The van der Waals surface area contributed by atoms with Crippen molar-refractivity contribution in [3.05, 3.63) is 89.0 Å². The number of nitrogens with zero attached hydrogens (tertiary/aromatic N) is 2. The van der Waals surface area contributed by atoms with E-state index in [-0.39, 0.29) is 6.42 Å². The number of hydrogen-bond donors (Lipinski definition) is 2. The summed E-state index contributed by atoms with van der Waals surface area (Å²) >= 11 is 0. The van der Waals surface area contributed by atoms with Crippen LogP contribution >= 0.6 is 0 Å². The van der Waals surface area contributed by atoms with Gasteiger partial charge in [-0.3, -0.25) is 14.8 Å². The van der Waals surface area contributed by atoms with Gasteiger partial charge in [-0.2, -0.15) is 0 Å². The van der Waals surface area contributed by atoms with Gasteiger partial charge in [0.15, 0.2) is 0 Å². The van der Waals surface area contributed by atoms with Crippen molar-refractivity contribution >= 4 is 11.9 Å². The lowest BCUT2D eigenvalue weighted by molar-refractivity contribution is -0.139. The Morgan fingerprint density at radius 3 is 2.65 bits per heavy atom. The summed E-state index contributed by atoms with van der Waals surface area (Å²) in [5.74, 6) is -0.823. The summed E-state index contributed by atoms with van der Waals surface area (Å²) in [6.45, 7) is 0.580. The van der Waals surface area contributed by atoms with Gasteiger partial charge < -0.3 is 15.2 Å². The van der Waals surface area contributed by atoms with Crippen molar-refractivity contribution < 1.29 is 19.4 Å². The summed E-state index contributed by atoms with van der Waals surface area (Å²) in [7, 11) is 0. The molecule has 1 aliphatic rings. The van der Waals surface area contributed by atoms with Gasteiger partial charge in [0, 0.05) is 30.2 Å². The van der Waals surface area contributed by atoms with Crippen LogP contribution in [-0.4, -0.2) is 39.6 Å². The van der Waals surface area contributed by atoms with Gasteiger partial charge in [-0.15, -0.1) is 0 Å². The highest BCUT2D eigenvalue weighted by atomic mass is 16.5. The summed E-state index contributed by atoms with van der Waals surface area (Å²) in [5, 5.41) is 12.1. The minimum Gasteiger partial charge on any atom is -0.494 e. The second kappa shape index (κ2) is 11.4. The number of aliphatic carboxylic acids is 1. The van der Waals surface area contributed by atoms with Gasteiger partial charge in [-0.05, 0) is 80.0 Å². The zero-order valence-corrected chi connectivity index (χ0v) is 19.1. The number of pyridine rings is 2. The lowest BCUT2D eigenvalue weighted by Gasteiger charge is -2.15. The molecular weight excluding hydrogens is 430 g/mol. The summed E-state index contributed by atoms with van der Waals surface area (Å²) in [6.07, 6.45) is 9.60. The minimum atomic E-state index is -1.09. The first kappa shape index (κ1) is 23.4. The van der Waals surface area contributed by atoms with E-state index < -0.39 is 17.9 Å². The van der Waals surface area contributed by atoms with E-state index in [4.69, 9.17) is 9.72 Å². The molecule has 34 heavy (non-hydrogen) atoms. The van der Waals surface area contributed by atoms with Crippen molar-refractivity contribution in [2.45, 2.75) is 51.0 Å². The van der Waals surface area contributed by atoms with Gasteiger partial charge in [0.2, 0.25) is 0 Å². The largest absolute Gasteiger partial charge is 0.494 e. The first-order valence-electron chi connectivity index (χ1n) is 11.7. The third kappa shape index (κ3) is 6.41. The van der Waals surface area contributed by atoms with Gasteiger partial charge in [-0.25, -0.2) is 4.79 Å². The predicted octanol–water partition coefficient (Wildman–Crippen LogP) is 3.79. The second-order valence-corrected chi connectivity index (χ2v) is 8.52. The number of benzene rings is 1. The molecular formula is C27H29N3O4. The molecule has 0 radical (unpaired) electrons. The summed E-state index contributed by atoms with van der Waals surface area (Å²) in [4.78, 5) is 32.6. The second-order valence-electron chi connectivity index (χ2n) is 8.52. The Balaban J connectivity index is 1.24. The number of aromatic nitrogens is 2. The van der Waals surface area contributed by atoms with E-state index in [1.807, 2.05) is 24.3 Å². The molecule has 7 nitrogen and oxygen atoms in total. The number of amides is 1. The minimum absolute atomic E-state index is 0.172. The van der Waals surface area contributed by atoms with Crippen LogP contribution in [0.25, 0.3) is 0 Å². The zero-order valence-electron chi connectivity index (χ0n) is 19.1. The fraction of sp³-hybridized carbons (Fsp3) is 0.333. The molecule has 0 bridgehead atoms. The lowest BCUT2D eigenvalue weighted by atomic mass is 9.95. The molecule has 1 atom stereocenters. The molecule has 2 heterocycles. The SMILES string of the molecule is O=C(N[C@@H](Cc1ccc(OCCCc2ccc3c(n2)CCCC3)cc1)C(=O)O)c1cccnc1. The van der Waals surface area contributed by atoms with Crippen LogP contribution in [0.1, 0.15) is 52.1 Å². The fourth-order valence-electron chi connectivity index (χ4n) is 4.11. The number of carboxylic acid groups (broad SMARTS) is 1. The van der Waals surface area contributed by atoms with Gasteiger partial charge in [0.05, 0.1) is 12.2 Å². The molecule has 3 aromatic rings. The molecule has 0 spiro atoms. The average molecular weight is 460 g/mol. The maximum absolute atomic E-state index is 12.3. The van der Waals surface area contributed by atoms with Crippen molar-refractivity contribution in [1.29, 1.82) is 0 Å². The van der Waals surface area contributed by atoms with E-state index in [0.29, 0.717) is 12.2 Å². The van der Waals surface area contributed by atoms with E-state index in [1.54, 1.807) is 18.3 Å². The van der Waals surface area contributed by atoms with Crippen LogP contribution in [0.15, 0.2) is 60.9 Å². The number of carbonyl (C=O) groups excluding carboxylic acids is 1. The number of hydrogen-bond acceptors (Lipinski definition) is 5. The normalized spacial score (nSPS) is 13.5. The van der Waals surface area contributed by atoms with Crippen LogP contribution in [0.3, 0.4) is 0 Å². The first-order chi connectivity index (χ1) is 16.6. The van der Waals surface area contributed by atoms with Gasteiger partial charge >= 0.3 is 5.97 Å². The van der Waals surface area contributed by atoms with Crippen LogP contribution < -0.4 is 10.1 Å². The van der Waals surface area contributed by atoms with Crippen molar-refractivity contribution in [3.63, 3.8) is 0 Å². The number of aryl methyl sites for hydroxylation is 3. The maximum atomic E-state index is 12.3. The molecule has 2 aromatic heterocycles. The van der Waals surface area contributed by atoms with E-state index in [2.05, 4.69) is 22.4 Å². The molecule has 1 amide bonds. The van der Waals surface area contributed by atoms with E-state index in [9.17, 15) is 14.7 Å². The van der Waals surface area contributed by atoms with Crippen LogP contribution in [0, 0.1) is 0 Å². The molecule has 1 aliphatic carbocycles. The van der Waals surface area contributed by atoms with Crippen molar-refractivity contribution in [2.75, 3.05) is 6.61 Å². The third-order valence-electron chi connectivity index (χ3n) is 5.97. The third-order valence-corrected chi connectivity index (χ3v) is 5.97. The number of carbonyl (C=O) groups is 2. The molecule has 0 saturated heterocycles. The molecule has 2 N–H and O–H groups in total. The molecule has 0 unspecified atom stereocenters. The quantitative estimate of drug-likeness (QED) is 0.447. The smallest absolute Gasteiger partial charge is 0.326 e. The topological polar surface area (TPSA) is 101 Å². The van der Waals surface area contributed by atoms with Crippen molar-refractivity contribution in [2.24, 2.45) is 0 Å². The van der Waals surface area contributed by atoms with E-state index in [0.717, 1.165) is 42.7 Å². The summed E-state index contributed by atoms with van der Waals surface area (Å²) < 4.78 is 5.85. The molecule has 4 rings (SSSR count). The van der Waals surface area contributed by atoms with Gasteiger partial charge in [0.1, 0.15) is 11.8 Å². The molecule has 1 aromatic carbocycles. The summed E-state index contributed by atoms with van der Waals surface area (Å²) in [6, 6.07) is 13.8. The molecule has 0 saturated carbocycles. The molecule has 176 valence electrons. The number of carboxylic acids is 1. The Morgan fingerprint density at radius 1 is 1.06 bits per heavy atom. The Morgan fingerprint density at radius 2 is 1.88 bits per heavy atom. The van der Waals surface area contributed by atoms with E-state index >= 15 is 0 Å². The summed E-state index contributed by atoms with van der Waals surface area (Å²) in [5.41, 5.74) is 4.89. The Labute approximate surface area is 199 Å². The maximum Gasteiger partial charge on any atom is 0.326 e. The molecule has 0 fully saturated rings. The lowest BCUT2D eigenvalue weighted by Crippen LogP contribution is -2.42. The van der Waals surface area contributed by atoms with Crippen molar-refractivity contribution in [1.82, 2.24) is 15.3 Å². The van der Waals surface area contributed by atoms with Crippen molar-refractivity contribution in [3.8, 4) is 5.75 Å². The highest BCUT2D eigenvalue weighted by molar-refractivity contribution is 5.96. The van der Waals surface area contributed by atoms with Gasteiger partial charge in [0.25, 0.3) is 5.91 Å². The standard InChI is InChI=1S/C27H29N3O4/c31-26(21-6-3-15-28-18-21)30-25(27(32)33)17-19-9-13-23(14-10-19)34-16-4-7-22-12-11-20-5-1-2-8-24(20)29-22/h3,6,9-15,18,25H,1-2,4-5,7-8,16-17H2,(H,30,31)(H,32,33)/t25-/m0/s1. The average Bonchev–Trinajstić information content (AvgIpc) is 2.87. The zero-order chi connectivity index (χ0) is 23.8. The van der Waals surface area contributed by atoms with Crippen LogP contribution in [-0.2, 0) is 30.5 Å². The number of ether oxygens (including phenoxy) is 1. The van der Waals surface area contributed by atoms with Crippen LogP contribution in [0.5, 0.6) is 5.75 Å². The predicted molar refractivity (Wildman–Crippen MR) is 128 cm³/mol. The molecule has 0 aliphatic heterocycles. The number of rotatable bonds is 10. The van der Waals surface area contributed by atoms with Crippen LogP contribution in [0.2, 0.25) is 0 Å². The highest BCUT2D eigenvalue weighted by Crippen LogP contribution is 2.20. The monoisotopic (exact) mass is 459 g/mol. The Bertz CT molecular complexity index is 1120. The number of nitrogens with one attached hydrogen (secondary N) is 1. The number of fused-ring (bicyclic) bond motifs is 1. The highest BCUT2D eigenvalue weighted by Gasteiger charge is 2.21. The first-order valence-corrected chi connectivity index (χ1v) is 11.7. The Hall–Kier alpha value is -3.74. The van der Waals surface area contributed by atoms with Gasteiger partial charge in [-0.1, -0.05) is 18.2 Å². The van der Waals surface area contributed by atoms with Crippen LogP contribution in [0.4, 0.5) is 0 Å². The van der Waals surface area contributed by atoms with E-state index in [1.165, 1.54) is 30.3 Å². The fourth-order valence-corrected chi connectivity index (χ4v) is 4.11.